The van der Waals surface area contributed by atoms with Crippen LogP contribution in [0, 0.1) is 5.82 Å². The Balaban J connectivity index is 1.27. The Kier molecular flexibility index (Phi) is 5.38. The fraction of sp³-hybridized carbons (Fsp3) is 0.280. The Morgan fingerprint density at radius 2 is 1.85 bits per heavy atom. The van der Waals surface area contributed by atoms with Gasteiger partial charge in [-0.05, 0) is 54.3 Å². The first-order valence-electron chi connectivity index (χ1n) is 11.0. The van der Waals surface area contributed by atoms with Crippen LogP contribution in [0.4, 0.5) is 4.39 Å². The van der Waals surface area contributed by atoms with Gasteiger partial charge in [0.05, 0.1) is 12.1 Å². The third-order valence-electron chi connectivity index (χ3n) is 6.45. The predicted octanol–water partition coefficient (Wildman–Crippen LogP) is 2.92. The number of rotatable bonds is 4. The number of hydrogen-bond donors (Lipinski definition) is 2. The van der Waals surface area contributed by atoms with Crippen LogP contribution in [0.25, 0.3) is 11.1 Å². The van der Waals surface area contributed by atoms with Gasteiger partial charge in [-0.2, -0.15) is 0 Å². The van der Waals surface area contributed by atoms with Gasteiger partial charge in [-0.25, -0.2) is 4.39 Å². The number of likely N-dealkylation sites (tertiary alicyclic amines) is 1. The highest BCUT2D eigenvalue weighted by molar-refractivity contribution is 6.01. The lowest BCUT2D eigenvalue weighted by atomic mass is 9.89. The zero-order valence-corrected chi connectivity index (χ0v) is 18.1. The van der Waals surface area contributed by atoms with Crippen molar-refractivity contribution in [2.75, 3.05) is 31.7 Å². The summed E-state index contributed by atoms with van der Waals surface area (Å²) < 4.78 is 15.4. The first-order valence-corrected chi connectivity index (χ1v) is 11.0. The molecule has 2 N–H and O–H groups in total. The minimum Gasteiger partial charge on any atom is -0.388 e. The summed E-state index contributed by atoms with van der Waals surface area (Å²) >= 11 is 0. The van der Waals surface area contributed by atoms with Crippen molar-refractivity contribution in [2.45, 2.75) is 18.4 Å². The number of hydrogen-bond acceptors (Lipinski definition) is 4. The van der Waals surface area contributed by atoms with Crippen molar-refractivity contribution in [1.29, 1.82) is 0 Å². The quantitative estimate of drug-likeness (QED) is 0.644. The number of piperidine rings is 1. The normalized spacial score (nSPS) is 17.5. The van der Waals surface area contributed by atoms with Gasteiger partial charge in [0, 0.05) is 24.8 Å². The Bertz CT molecular complexity index is 1200. The number of benzene rings is 2. The summed E-state index contributed by atoms with van der Waals surface area (Å²) in [5, 5.41) is 11.2. The molecule has 7 nitrogen and oxygen atoms in total. The summed E-state index contributed by atoms with van der Waals surface area (Å²) in [5.41, 5.74) is 4.42. The molecule has 3 aromatic rings. The van der Waals surface area contributed by atoms with Gasteiger partial charge in [-0.1, -0.05) is 30.3 Å². The van der Waals surface area contributed by atoms with Crippen LogP contribution in [0.15, 0.2) is 66.9 Å². The maximum Gasteiger partial charge on any atom is 0.273 e. The Labute approximate surface area is 191 Å². The molecule has 0 bridgehead atoms. The van der Waals surface area contributed by atoms with Crippen LogP contribution >= 0.6 is 0 Å². The molecule has 5 rings (SSSR count). The Hall–Kier alpha value is -3.65. The zero-order chi connectivity index (χ0) is 23.0. The molecular weight excluding hydrogens is 423 g/mol. The minimum absolute atomic E-state index is 0.130. The van der Waals surface area contributed by atoms with Crippen LogP contribution in [-0.2, 0) is 0 Å². The number of halogens is 1. The molecule has 3 heterocycles. The molecular formula is C25H25FN4O3. The highest BCUT2D eigenvalue weighted by atomic mass is 19.1. The molecule has 8 heteroatoms. The molecule has 2 aliphatic rings. The lowest BCUT2D eigenvalue weighted by molar-refractivity contribution is -0.0369. The number of aromatic nitrogens is 1. The topological polar surface area (TPSA) is 77.8 Å². The van der Waals surface area contributed by atoms with Crippen LogP contribution in [-0.4, -0.2) is 63.3 Å². The van der Waals surface area contributed by atoms with E-state index in [1.807, 2.05) is 12.1 Å². The average molecular weight is 448 g/mol. The van der Waals surface area contributed by atoms with Crippen LogP contribution in [0.3, 0.4) is 0 Å². The lowest BCUT2D eigenvalue weighted by Crippen LogP contribution is -2.56. The van der Waals surface area contributed by atoms with Gasteiger partial charge in [0.15, 0.2) is 0 Å². The van der Waals surface area contributed by atoms with Crippen molar-refractivity contribution in [3.63, 3.8) is 0 Å². The molecule has 0 aliphatic carbocycles. The molecule has 1 saturated heterocycles. The van der Waals surface area contributed by atoms with E-state index in [1.165, 1.54) is 12.1 Å². The second kappa shape index (κ2) is 8.37. The first-order chi connectivity index (χ1) is 15.9. The number of amides is 2. The smallest absolute Gasteiger partial charge is 0.273 e. The third kappa shape index (κ3) is 4.09. The standard InChI is InChI=1S/C25H25FN4O3/c26-19-6-3-5-18(15-19)20-7-1-2-8-21(20)23(31)28-13-10-25(33,11-14-28)16-29-17-27-30-12-4-9-22(30)24(29)32/h1-9,12,15,27,33H,10-11,13-14,16-17H2. The van der Waals surface area contributed by atoms with Gasteiger partial charge in [0.2, 0.25) is 0 Å². The minimum atomic E-state index is -1.06. The van der Waals surface area contributed by atoms with E-state index in [1.54, 1.807) is 57.1 Å². The summed E-state index contributed by atoms with van der Waals surface area (Å²) in [6.45, 7) is 1.26. The van der Waals surface area contributed by atoms with Crippen molar-refractivity contribution in [1.82, 2.24) is 14.5 Å². The molecule has 0 saturated carbocycles. The van der Waals surface area contributed by atoms with E-state index in [-0.39, 0.29) is 24.2 Å². The van der Waals surface area contributed by atoms with Gasteiger partial charge in [-0.15, -0.1) is 0 Å². The summed E-state index contributed by atoms with van der Waals surface area (Å²) in [6.07, 6.45) is 2.52. The lowest BCUT2D eigenvalue weighted by Gasteiger charge is -2.42. The molecule has 2 amide bonds. The fourth-order valence-electron chi connectivity index (χ4n) is 4.60. The number of β-amino-alcohol motifs (C(OH)–C–C–N with tert-alkyl or cyclic N) is 1. The maximum absolute atomic E-state index is 13.8. The number of nitrogens with zero attached hydrogens (tertiary/aromatic N) is 3. The molecule has 0 unspecified atom stereocenters. The second-order valence-corrected chi connectivity index (χ2v) is 8.66. The monoisotopic (exact) mass is 448 g/mol. The van der Waals surface area contributed by atoms with Crippen LogP contribution in [0.5, 0.6) is 0 Å². The van der Waals surface area contributed by atoms with Gasteiger partial charge in [0.25, 0.3) is 11.8 Å². The summed E-state index contributed by atoms with van der Waals surface area (Å²) in [6, 6.07) is 16.9. The first kappa shape index (κ1) is 21.2. The molecule has 0 radical (unpaired) electrons. The molecule has 33 heavy (non-hydrogen) atoms. The maximum atomic E-state index is 13.8. The Morgan fingerprint density at radius 1 is 1.06 bits per heavy atom. The van der Waals surface area contributed by atoms with E-state index in [9.17, 15) is 19.1 Å². The van der Waals surface area contributed by atoms with Crippen molar-refractivity contribution >= 4 is 11.8 Å². The zero-order valence-electron chi connectivity index (χ0n) is 18.1. The van der Waals surface area contributed by atoms with E-state index in [0.717, 1.165) is 0 Å². The van der Waals surface area contributed by atoms with Crippen molar-refractivity contribution in [3.05, 3.63) is 83.9 Å². The summed E-state index contributed by atoms with van der Waals surface area (Å²) in [7, 11) is 0. The van der Waals surface area contributed by atoms with Gasteiger partial charge >= 0.3 is 0 Å². The molecule has 0 atom stereocenters. The van der Waals surface area contributed by atoms with Crippen molar-refractivity contribution < 1.29 is 19.1 Å². The van der Waals surface area contributed by atoms with Crippen LogP contribution in [0.2, 0.25) is 0 Å². The summed E-state index contributed by atoms with van der Waals surface area (Å²) in [5.74, 6) is -0.632. The third-order valence-corrected chi connectivity index (χ3v) is 6.45. The van der Waals surface area contributed by atoms with E-state index in [0.29, 0.717) is 55.0 Å². The van der Waals surface area contributed by atoms with E-state index in [2.05, 4.69) is 5.43 Å². The number of fused-ring (bicyclic) bond motifs is 1. The van der Waals surface area contributed by atoms with E-state index >= 15 is 0 Å². The molecule has 2 aromatic carbocycles. The number of aliphatic hydroxyl groups is 1. The predicted molar refractivity (Wildman–Crippen MR) is 122 cm³/mol. The molecule has 0 spiro atoms. The SMILES string of the molecule is O=C(c1ccccc1-c1cccc(F)c1)N1CCC(O)(CN2CNn3cccc3C2=O)CC1. The summed E-state index contributed by atoms with van der Waals surface area (Å²) in [4.78, 5) is 29.3. The van der Waals surface area contributed by atoms with E-state index in [4.69, 9.17) is 0 Å². The van der Waals surface area contributed by atoms with Crippen LogP contribution < -0.4 is 5.43 Å². The van der Waals surface area contributed by atoms with Gasteiger partial charge < -0.3 is 20.3 Å². The van der Waals surface area contributed by atoms with Gasteiger partial charge in [-0.3, -0.25) is 14.3 Å². The number of nitrogens with one attached hydrogen (secondary N) is 1. The molecule has 170 valence electrons. The molecule has 1 aromatic heterocycles. The van der Waals surface area contributed by atoms with Crippen molar-refractivity contribution in [3.8, 4) is 11.1 Å². The average Bonchev–Trinajstić information content (AvgIpc) is 3.31. The highest BCUT2D eigenvalue weighted by Gasteiger charge is 2.38. The fourth-order valence-corrected chi connectivity index (χ4v) is 4.60. The molecule has 1 fully saturated rings. The number of carbonyl (C=O) groups excluding carboxylic acids is 2. The second-order valence-electron chi connectivity index (χ2n) is 8.66. The Morgan fingerprint density at radius 3 is 2.64 bits per heavy atom. The largest absolute Gasteiger partial charge is 0.388 e. The van der Waals surface area contributed by atoms with Crippen molar-refractivity contribution in [2.24, 2.45) is 0 Å². The van der Waals surface area contributed by atoms with Gasteiger partial charge in [0.1, 0.15) is 18.2 Å². The highest BCUT2D eigenvalue weighted by Crippen LogP contribution is 2.29. The van der Waals surface area contributed by atoms with Crippen LogP contribution in [0.1, 0.15) is 33.7 Å². The van der Waals surface area contributed by atoms with E-state index < -0.39 is 5.60 Å². The number of carbonyl (C=O) groups is 2. The molecule has 2 aliphatic heterocycles.